The predicted octanol–water partition coefficient (Wildman–Crippen LogP) is 6.24. The number of hydrogen-bond acceptors (Lipinski definition) is 3. The zero-order valence-electron chi connectivity index (χ0n) is 21.3. The Hall–Kier alpha value is -4.36. The number of halogens is 8. The molecular weight excluding hydrogens is 580 g/mol. The molecule has 1 aliphatic carbocycles. The van der Waals surface area contributed by atoms with Gasteiger partial charge in [-0.05, 0) is 53.8 Å². The molecule has 6 nitrogen and oxygen atoms in total. The second kappa shape index (κ2) is 11.1. The van der Waals surface area contributed by atoms with Crippen molar-refractivity contribution in [3.05, 3.63) is 101 Å². The molecule has 3 aromatic rings. The molecule has 4 rings (SSSR count). The zero-order valence-corrected chi connectivity index (χ0v) is 21.3. The molecule has 0 radical (unpaired) electrons. The first-order valence-corrected chi connectivity index (χ1v) is 12.3. The SMILES string of the molecule is O=C(NC(Cc1ccccc1)(c1ccc(F)cc1)c1cc(F)cc(OC(F)(F)C(F)F)c1)NC1(C(F)(F)C(=O)O)CC1. The van der Waals surface area contributed by atoms with Crippen LogP contribution in [0.25, 0.3) is 0 Å². The molecular formula is C28H22F8N2O4. The first kappa shape index (κ1) is 30.6. The minimum absolute atomic E-state index is 0.00471. The largest absolute Gasteiger partial charge is 0.477 e. The van der Waals surface area contributed by atoms with Crippen LogP contribution >= 0.6 is 0 Å². The molecule has 14 heteroatoms. The summed E-state index contributed by atoms with van der Waals surface area (Å²) in [7, 11) is 0. The number of alkyl halides is 6. The van der Waals surface area contributed by atoms with Crippen molar-refractivity contribution >= 4 is 12.0 Å². The number of carboxylic acids is 1. The highest BCUT2D eigenvalue weighted by Gasteiger charge is 2.68. The van der Waals surface area contributed by atoms with Crippen molar-refractivity contribution < 1.29 is 54.6 Å². The number of aliphatic carboxylic acids is 1. The maximum absolute atomic E-state index is 14.9. The monoisotopic (exact) mass is 602 g/mol. The third-order valence-corrected chi connectivity index (χ3v) is 6.82. The summed E-state index contributed by atoms with van der Waals surface area (Å²) < 4.78 is 115. The third kappa shape index (κ3) is 6.11. The first-order chi connectivity index (χ1) is 19.6. The van der Waals surface area contributed by atoms with Gasteiger partial charge in [0.1, 0.15) is 22.9 Å². The average molecular weight is 602 g/mol. The lowest BCUT2D eigenvalue weighted by Gasteiger charge is -2.37. The van der Waals surface area contributed by atoms with E-state index in [9.17, 15) is 44.7 Å². The summed E-state index contributed by atoms with van der Waals surface area (Å²) in [5.41, 5.74) is -4.48. The number of ether oxygens (including phenoxy) is 1. The molecule has 1 unspecified atom stereocenters. The molecule has 0 aromatic heterocycles. The fraction of sp³-hybridized carbons (Fsp3) is 0.286. The van der Waals surface area contributed by atoms with Crippen molar-refractivity contribution in [3.8, 4) is 5.75 Å². The summed E-state index contributed by atoms with van der Waals surface area (Å²) in [5.74, 6) is -9.92. The first-order valence-electron chi connectivity index (χ1n) is 12.3. The van der Waals surface area contributed by atoms with Crippen LogP contribution in [0, 0.1) is 11.6 Å². The molecule has 42 heavy (non-hydrogen) atoms. The van der Waals surface area contributed by atoms with Crippen molar-refractivity contribution in [2.45, 2.75) is 48.8 Å². The van der Waals surface area contributed by atoms with Gasteiger partial charge in [0.2, 0.25) is 0 Å². The van der Waals surface area contributed by atoms with Crippen LogP contribution < -0.4 is 15.4 Å². The second-order valence-corrected chi connectivity index (χ2v) is 9.76. The molecule has 0 saturated heterocycles. The van der Waals surface area contributed by atoms with Crippen LogP contribution in [0.15, 0.2) is 72.8 Å². The van der Waals surface area contributed by atoms with Gasteiger partial charge < -0.3 is 20.5 Å². The Morgan fingerprint density at radius 3 is 2.05 bits per heavy atom. The van der Waals surface area contributed by atoms with Crippen LogP contribution in [0.3, 0.4) is 0 Å². The summed E-state index contributed by atoms with van der Waals surface area (Å²) in [6.07, 6.45) is -10.5. The van der Waals surface area contributed by atoms with Crippen molar-refractivity contribution in [1.29, 1.82) is 0 Å². The lowest BCUT2D eigenvalue weighted by molar-refractivity contribution is -0.253. The Bertz CT molecular complexity index is 1450. The molecule has 0 heterocycles. The van der Waals surface area contributed by atoms with Gasteiger partial charge in [0.25, 0.3) is 0 Å². The van der Waals surface area contributed by atoms with E-state index in [1.165, 1.54) is 0 Å². The summed E-state index contributed by atoms with van der Waals surface area (Å²) in [5, 5.41) is 13.4. The lowest BCUT2D eigenvalue weighted by atomic mass is 9.77. The van der Waals surface area contributed by atoms with Crippen molar-refractivity contribution in [2.75, 3.05) is 0 Å². The fourth-order valence-corrected chi connectivity index (χ4v) is 4.56. The summed E-state index contributed by atoms with van der Waals surface area (Å²) >= 11 is 0. The highest BCUT2D eigenvalue weighted by atomic mass is 19.3. The number of amides is 2. The van der Waals surface area contributed by atoms with E-state index in [-0.39, 0.29) is 17.5 Å². The van der Waals surface area contributed by atoms with E-state index in [0.717, 1.165) is 36.4 Å². The van der Waals surface area contributed by atoms with Gasteiger partial charge in [0.15, 0.2) is 0 Å². The van der Waals surface area contributed by atoms with Crippen molar-refractivity contribution in [2.24, 2.45) is 0 Å². The van der Waals surface area contributed by atoms with Gasteiger partial charge in [-0.15, -0.1) is 0 Å². The normalized spacial score (nSPS) is 15.9. The summed E-state index contributed by atoms with van der Waals surface area (Å²) in [4.78, 5) is 24.5. The van der Waals surface area contributed by atoms with E-state index in [0.29, 0.717) is 11.6 Å². The number of urea groups is 1. The van der Waals surface area contributed by atoms with Crippen LogP contribution in [0.1, 0.15) is 29.5 Å². The van der Waals surface area contributed by atoms with E-state index in [4.69, 9.17) is 5.11 Å². The highest BCUT2D eigenvalue weighted by molar-refractivity contribution is 5.83. The van der Waals surface area contributed by atoms with Gasteiger partial charge in [0.05, 0.1) is 5.54 Å². The topological polar surface area (TPSA) is 87.7 Å². The van der Waals surface area contributed by atoms with Crippen molar-refractivity contribution in [1.82, 2.24) is 10.6 Å². The van der Waals surface area contributed by atoms with Crippen LogP contribution in [0.4, 0.5) is 39.9 Å². The molecule has 1 atom stereocenters. The van der Waals surface area contributed by atoms with E-state index in [1.54, 1.807) is 30.3 Å². The highest BCUT2D eigenvalue weighted by Crippen LogP contribution is 2.48. The third-order valence-electron chi connectivity index (χ3n) is 6.82. The van der Waals surface area contributed by atoms with Crippen LogP contribution in [0.5, 0.6) is 5.75 Å². The Balaban J connectivity index is 1.88. The number of carboxylic acid groups (broad SMARTS) is 1. The maximum Gasteiger partial charge on any atom is 0.461 e. The molecule has 1 aliphatic rings. The number of benzene rings is 3. The molecule has 0 bridgehead atoms. The average Bonchev–Trinajstić information content (AvgIpc) is 3.69. The van der Waals surface area contributed by atoms with Gasteiger partial charge in [-0.3, -0.25) is 0 Å². The minimum Gasteiger partial charge on any atom is -0.477 e. The Morgan fingerprint density at radius 2 is 1.50 bits per heavy atom. The van der Waals surface area contributed by atoms with E-state index in [1.807, 2.05) is 5.32 Å². The maximum atomic E-state index is 14.9. The fourth-order valence-electron chi connectivity index (χ4n) is 4.56. The zero-order chi connectivity index (χ0) is 30.9. The molecule has 224 valence electrons. The van der Waals surface area contributed by atoms with Gasteiger partial charge >= 0.3 is 30.5 Å². The standard InChI is InChI=1S/C28H22F8N2O4/c29-19-8-6-17(7-9-19)26(15-16-4-2-1-3-5-16,38-24(41)37-25(10-11-25)27(33,34)23(39)40)18-12-20(30)14-21(13-18)42-28(35,36)22(31)32/h1-9,12-14,22H,10-11,15H2,(H,39,40)(H2,37,38,41). The lowest BCUT2D eigenvalue weighted by Crippen LogP contribution is -2.60. The van der Waals surface area contributed by atoms with Crippen molar-refractivity contribution in [3.63, 3.8) is 0 Å². The minimum atomic E-state index is -5.03. The van der Waals surface area contributed by atoms with Crippen LogP contribution in [-0.4, -0.2) is 41.1 Å². The van der Waals surface area contributed by atoms with Crippen LogP contribution in [0.2, 0.25) is 0 Å². The molecule has 0 spiro atoms. The Kier molecular flexibility index (Phi) is 8.11. The van der Waals surface area contributed by atoms with E-state index in [2.05, 4.69) is 10.1 Å². The van der Waals surface area contributed by atoms with Gasteiger partial charge in [0, 0.05) is 12.5 Å². The van der Waals surface area contributed by atoms with Crippen LogP contribution in [-0.2, 0) is 16.8 Å². The molecule has 1 saturated carbocycles. The molecule has 1 fully saturated rings. The van der Waals surface area contributed by atoms with E-state index >= 15 is 0 Å². The molecule has 0 aliphatic heterocycles. The smallest absolute Gasteiger partial charge is 0.461 e. The van der Waals surface area contributed by atoms with Gasteiger partial charge in [-0.25, -0.2) is 18.4 Å². The number of carbonyl (C=O) groups excluding carboxylic acids is 1. The number of nitrogens with one attached hydrogen (secondary N) is 2. The van der Waals surface area contributed by atoms with E-state index < -0.39 is 71.8 Å². The number of hydrogen-bond donors (Lipinski definition) is 3. The number of rotatable bonds is 11. The molecule has 3 aromatic carbocycles. The number of carbonyl (C=O) groups is 2. The molecule has 2 amide bonds. The second-order valence-electron chi connectivity index (χ2n) is 9.76. The Morgan fingerprint density at radius 1 is 0.881 bits per heavy atom. The van der Waals surface area contributed by atoms with Gasteiger partial charge in [-0.2, -0.15) is 26.3 Å². The summed E-state index contributed by atoms with van der Waals surface area (Å²) in [6.45, 7) is 0. The molecule has 3 N–H and O–H groups in total. The predicted molar refractivity (Wildman–Crippen MR) is 132 cm³/mol. The Labute approximate surface area is 233 Å². The van der Waals surface area contributed by atoms with Gasteiger partial charge in [-0.1, -0.05) is 42.5 Å². The quantitative estimate of drug-likeness (QED) is 0.227. The summed E-state index contributed by atoms with van der Waals surface area (Å²) in [6, 6.07) is 12.7.